The summed E-state index contributed by atoms with van der Waals surface area (Å²) in [6.45, 7) is 0.119. The lowest BCUT2D eigenvalue weighted by Gasteiger charge is -2.10. The van der Waals surface area contributed by atoms with Crippen LogP contribution in [0.2, 0.25) is 0 Å². The van der Waals surface area contributed by atoms with Crippen molar-refractivity contribution >= 4 is 35.6 Å². The molecule has 0 aliphatic heterocycles. The molecule has 0 fully saturated rings. The molecule has 1 aromatic rings. The summed E-state index contributed by atoms with van der Waals surface area (Å²) in [5.41, 5.74) is 5.94. The largest absolute Gasteiger partial charge is 0.573 e. The molecule has 0 saturated carbocycles. The smallest absolute Gasteiger partial charge is 0.406 e. The lowest BCUT2D eigenvalue weighted by molar-refractivity contribution is -0.274. The highest BCUT2D eigenvalue weighted by atomic mass is 127. The number of hydrogen-bond donors (Lipinski definition) is 2. The summed E-state index contributed by atoms with van der Waals surface area (Å²) in [5, 5.41) is 2.66. The summed E-state index contributed by atoms with van der Waals surface area (Å²) in [5.74, 6) is 2.03. The Balaban J connectivity index is 0.00000324. The van der Waals surface area contributed by atoms with Crippen LogP contribution in [0.1, 0.15) is 0 Å². The molecule has 0 saturated heterocycles. The van der Waals surface area contributed by atoms with Crippen LogP contribution in [0.15, 0.2) is 29.3 Å². The van der Waals surface area contributed by atoms with Crippen LogP contribution in [0.4, 0.5) is 18.9 Å². The molecule has 0 aromatic heterocycles. The van der Waals surface area contributed by atoms with E-state index in [1.807, 2.05) is 0 Å². The van der Waals surface area contributed by atoms with Crippen molar-refractivity contribution < 1.29 is 17.9 Å². The highest BCUT2D eigenvalue weighted by Crippen LogP contribution is 2.23. The van der Waals surface area contributed by atoms with Gasteiger partial charge in [-0.05, 0) is 24.3 Å². The minimum absolute atomic E-state index is 0. The van der Waals surface area contributed by atoms with Crippen LogP contribution in [0.3, 0.4) is 0 Å². The fourth-order valence-electron chi connectivity index (χ4n) is 1.06. The topological polar surface area (TPSA) is 59.6 Å². The minimum atomic E-state index is -4.71. The molecule has 0 radical (unpaired) electrons. The first kappa shape index (κ1) is 17.4. The summed E-state index contributed by atoms with van der Waals surface area (Å²) in [6, 6.07) is 5.06. The van der Waals surface area contributed by atoms with Crippen LogP contribution in [0.25, 0.3) is 0 Å². The van der Waals surface area contributed by atoms with E-state index in [-0.39, 0.29) is 42.2 Å². The van der Waals surface area contributed by atoms with Crippen LogP contribution in [0, 0.1) is 12.3 Å². The number of aliphatic imine (C=N–C) groups is 1. The molecule has 0 amide bonds. The zero-order valence-corrected chi connectivity index (χ0v) is 11.9. The standard InChI is InChI=1S/C11H10F3N3O.HI/c1-2-7-16-10(15)17-8-3-5-9(6-4-8)18-11(12,13)14;/h1,3-6H,7H2,(H3,15,16,17);1H. The molecule has 0 aliphatic rings. The average molecular weight is 385 g/mol. The predicted molar refractivity (Wildman–Crippen MR) is 77.5 cm³/mol. The third-order valence-electron chi connectivity index (χ3n) is 1.70. The molecule has 0 heterocycles. The maximum absolute atomic E-state index is 11.9. The third kappa shape index (κ3) is 7.40. The summed E-state index contributed by atoms with van der Waals surface area (Å²) in [7, 11) is 0. The van der Waals surface area contributed by atoms with E-state index >= 15 is 0 Å². The number of nitrogens with zero attached hydrogens (tertiary/aromatic N) is 1. The molecule has 0 spiro atoms. The van der Waals surface area contributed by atoms with Gasteiger partial charge in [0.05, 0.1) is 0 Å². The molecule has 3 N–H and O–H groups in total. The van der Waals surface area contributed by atoms with Crippen molar-refractivity contribution in [1.29, 1.82) is 0 Å². The van der Waals surface area contributed by atoms with Crippen molar-refractivity contribution in [2.75, 3.05) is 11.9 Å². The monoisotopic (exact) mass is 385 g/mol. The molecule has 4 nitrogen and oxygen atoms in total. The number of hydrogen-bond acceptors (Lipinski definition) is 2. The fraction of sp³-hybridized carbons (Fsp3) is 0.182. The van der Waals surface area contributed by atoms with Gasteiger partial charge in [0.15, 0.2) is 5.96 Å². The lowest BCUT2D eigenvalue weighted by Crippen LogP contribution is -2.22. The number of terminal acetylenes is 1. The number of ether oxygens (including phenoxy) is 1. The van der Waals surface area contributed by atoms with Gasteiger partial charge in [0.2, 0.25) is 0 Å². The Hall–Kier alpha value is -1.63. The maximum atomic E-state index is 11.9. The van der Waals surface area contributed by atoms with E-state index in [1.54, 1.807) is 0 Å². The van der Waals surface area contributed by atoms with Gasteiger partial charge in [-0.15, -0.1) is 43.6 Å². The number of alkyl halides is 3. The molecular weight excluding hydrogens is 374 g/mol. The summed E-state index contributed by atoms with van der Waals surface area (Å²) < 4.78 is 39.4. The highest BCUT2D eigenvalue weighted by Gasteiger charge is 2.30. The van der Waals surface area contributed by atoms with Crippen molar-refractivity contribution in [2.45, 2.75) is 6.36 Å². The number of guanidine groups is 1. The van der Waals surface area contributed by atoms with E-state index in [4.69, 9.17) is 12.2 Å². The van der Waals surface area contributed by atoms with E-state index < -0.39 is 6.36 Å². The number of anilines is 1. The lowest BCUT2D eigenvalue weighted by atomic mass is 10.3. The van der Waals surface area contributed by atoms with E-state index in [9.17, 15) is 13.2 Å². The number of rotatable bonds is 3. The second kappa shape index (κ2) is 7.73. The number of benzene rings is 1. The molecule has 8 heteroatoms. The zero-order chi connectivity index (χ0) is 13.6. The predicted octanol–water partition coefficient (Wildman–Crippen LogP) is 2.56. The first-order valence-corrected chi connectivity index (χ1v) is 4.77. The molecule has 0 aliphatic carbocycles. The van der Waals surface area contributed by atoms with E-state index in [1.165, 1.54) is 12.1 Å². The molecule has 1 rings (SSSR count). The van der Waals surface area contributed by atoms with Crippen molar-refractivity contribution in [3.63, 3.8) is 0 Å². The summed E-state index contributed by atoms with van der Waals surface area (Å²) in [6.07, 6.45) is 0.279. The number of nitrogens with two attached hydrogens (primary N) is 1. The first-order valence-electron chi connectivity index (χ1n) is 4.77. The van der Waals surface area contributed by atoms with Crippen LogP contribution >= 0.6 is 24.0 Å². The molecular formula is C11H11F3IN3O. The van der Waals surface area contributed by atoms with Gasteiger partial charge in [0, 0.05) is 5.69 Å². The van der Waals surface area contributed by atoms with Crippen LogP contribution in [0.5, 0.6) is 5.75 Å². The van der Waals surface area contributed by atoms with Gasteiger partial charge < -0.3 is 15.8 Å². The Morgan fingerprint density at radius 3 is 2.42 bits per heavy atom. The van der Waals surface area contributed by atoms with Gasteiger partial charge in [-0.1, -0.05) is 5.92 Å². The van der Waals surface area contributed by atoms with Gasteiger partial charge in [-0.3, -0.25) is 0 Å². The Labute approximate surface area is 125 Å². The summed E-state index contributed by atoms with van der Waals surface area (Å²) in [4.78, 5) is 3.76. The van der Waals surface area contributed by atoms with Crippen LogP contribution in [-0.2, 0) is 0 Å². The Kier molecular flexibility index (Phi) is 7.06. The number of halogens is 4. The van der Waals surface area contributed by atoms with Crippen LogP contribution in [-0.4, -0.2) is 18.9 Å². The normalized spacial score (nSPS) is 11.2. The highest BCUT2D eigenvalue weighted by molar-refractivity contribution is 14.0. The number of nitrogens with one attached hydrogen (secondary N) is 1. The molecule has 1 aromatic carbocycles. The summed E-state index contributed by atoms with van der Waals surface area (Å²) >= 11 is 0. The molecule has 0 unspecified atom stereocenters. The Morgan fingerprint density at radius 2 is 1.95 bits per heavy atom. The van der Waals surface area contributed by atoms with Crippen LogP contribution < -0.4 is 15.8 Å². The van der Waals surface area contributed by atoms with Crippen molar-refractivity contribution in [3.8, 4) is 18.1 Å². The van der Waals surface area contributed by atoms with Gasteiger partial charge >= 0.3 is 6.36 Å². The van der Waals surface area contributed by atoms with Gasteiger partial charge in [-0.2, -0.15) is 0 Å². The van der Waals surface area contributed by atoms with E-state index in [2.05, 4.69) is 21.0 Å². The SMILES string of the molecule is C#CCN=C(N)Nc1ccc(OC(F)(F)F)cc1.I. The second-order valence-electron chi connectivity index (χ2n) is 3.10. The zero-order valence-electron chi connectivity index (χ0n) is 9.57. The molecule has 0 bridgehead atoms. The van der Waals surface area contributed by atoms with Gasteiger partial charge in [0.1, 0.15) is 12.3 Å². The fourth-order valence-corrected chi connectivity index (χ4v) is 1.06. The molecule has 104 valence electrons. The first-order chi connectivity index (χ1) is 8.40. The van der Waals surface area contributed by atoms with Crippen molar-refractivity contribution in [1.82, 2.24) is 0 Å². The van der Waals surface area contributed by atoms with E-state index in [0.29, 0.717) is 5.69 Å². The van der Waals surface area contributed by atoms with Crippen molar-refractivity contribution in [3.05, 3.63) is 24.3 Å². The third-order valence-corrected chi connectivity index (χ3v) is 1.70. The Morgan fingerprint density at radius 1 is 1.37 bits per heavy atom. The second-order valence-corrected chi connectivity index (χ2v) is 3.10. The molecule has 19 heavy (non-hydrogen) atoms. The van der Waals surface area contributed by atoms with Crippen molar-refractivity contribution in [2.24, 2.45) is 10.7 Å². The molecule has 0 atom stereocenters. The quantitative estimate of drug-likeness (QED) is 0.364. The minimum Gasteiger partial charge on any atom is -0.406 e. The Bertz CT molecular complexity index is 466. The van der Waals surface area contributed by atoms with E-state index in [0.717, 1.165) is 12.1 Å². The average Bonchev–Trinajstić information content (AvgIpc) is 2.27. The maximum Gasteiger partial charge on any atom is 0.573 e. The van der Waals surface area contributed by atoms with Gasteiger partial charge in [0.25, 0.3) is 0 Å². The van der Waals surface area contributed by atoms with Gasteiger partial charge in [-0.25, -0.2) is 4.99 Å².